The van der Waals surface area contributed by atoms with Gasteiger partial charge in [0.15, 0.2) is 0 Å². The minimum atomic E-state index is -3.69. The molecule has 0 spiro atoms. The average molecular weight is 424 g/mol. The summed E-state index contributed by atoms with van der Waals surface area (Å²) in [7, 11) is 3.63. The van der Waals surface area contributed by atoms with Crippen LogP contribution < -0.4 is 0 Å². The fraction of sp³-hybridized carbons (Fsp3) is 0.900. The van der Waals surface area contributed by atoms with E-state index < -0.39 is 12.8 Å². The van der Waals surface area contributed by atoms with Crippen LogP contribution in [-0.4, -0.2) is 52.6 Å². The Balaban J connectivity index is 3.74. The van der Waals surface area contributed by atoms with Crippen molar-refractivity contribution in [1.29, 1.82) is 0 Å². The van der Waals surface area contributed by atoms with Gasteiger partial charge in [-0.3, -0.25) is 0 Å². The molecule has 162 valence electrons. The largest absolute Gasteiger partial charge is 0.387 e. The fourth-order valence-corrected chi connectivity index (χ4v) is 3.55. The molecule has 0 saturated carbocycles. The summed E-state index contributed by atoms with van der Waals surface area (Å²) in [6.45, 7) is -1.45. The first kappa shape index (κ1) is 27.2. The number of rotatable bonds is 18. The van der Waals surface area contributed by atoms with Crippen molar-refractivity contribution in [2.75, 3.05) is 20.7 Å². The van der Waals surface area contributed by atoms with E-state index in [9.17, 15) is 14.9 Å². The van der Waals surface area contributed by atoms with Crippen molar-refractivity contribution in [1.82, 2.24) is 4.90 Å². The number of aliphatic hydroxyl groups excluding tert-OH is 1. The maximum absolute atomic E-state index is 10.3. The lowest BCUT2D eigenvalue weighted by molar-refractivity contribution is 0.0702. The van der Waals surface area contributed by atoms with Crippen LogP contribution in [0, 0.1) is 0 Å². The summed E-state index contributed by atoms with van der Waals surface area (Å²) in [6.07, 6.45) is 18.6. The Labute approximate surface area is 172 Å². The van der Waals surface area contributed by atoms with Crippen LogP contribution in [0.1, 0.15) is 84.0 Å². The van der Waals surface area contributed by atoms with Crippen molar-refractivity contribution in [3.05, 3.63) is 12.2 Å². The Morgan fingerprint density at radius 1 is 0.926 bits per heavy atom. The molecule has 0 bridgehead atoms. The van der Waals surface area contributed by atoms with Gasteiger partial charge in [0.1, 0.15) is 0 Å². The maximum Gasteiger partial charge on any atom is 0.321 e. The maximum atomic E-state index is 10.3. The third-order valence-corrected chi connectivity index (χ3v) is 5.58. The minimum Gasteiger partial charge on any atom is -0.387 e. The third kappa shape index (κ3) is 18.0. The molecule has 3 N–H and O–H groups in total. The molecule has 2 unspecified atom stereocenters. The first-order valence-corrected chi connectivity index (χ1v) is 13.1. The highest BCUT2D eigenvalue weighted by Gasteiger charge is 2.22. The second-order valence-electron chi connectivity index (χ2n) is 7.56. The Bertz CT molecular complexity index is 415. The highest BCUT2D eigenvalue weighted by atomic mass is 32.5. The van der Waals surface area contributed by atoms with Crippen molar-refractivity contribution in [3.63, 3.8) is 0 Å². The Morgan fingerprint density at radius 3 is 1.85 bits per heavy atom. The van der Waals surface area contributed by atoms with E-state index in [1.807, 2.05) is 20.2 Å². The molecule has 0 amide bonds. The lowest BCUT2D eigenvalue weighted by Crippen LogP contribution is -2.41. The molecule has 0 aromatic heterocycles. The highest BCUT2D eigenvalue weighted by molar-refractivity contribution is 8.06. The lowest BCUT2D eigenvalue weighted by atomic mass is 10.0. The van der Waals surface area contributed by atoms with Crippen LogP contribution in [0.4, 0.5) is 0 Å². The molecule has 27 heavy (non-hydrogen) atoms. The van der Waals surface area contributed by atoms with Crippen molar-refractivity contribution in [2.24, 2.45) is 0 Å². The van der Waals surface area contributed by atoms with Gasteiger partial charge >= 0.3 is 6.72 Å². The van der Waals surface area contributed by atoms with Crippen molar-refractivity contribution in [2.45, 2.75) is 96.1 Å². The fourth-order valence-electron chi connectivity index (χ4n) is 3.02. The molecule has 0 aliphatic heterocycles. The number of unbranched alkanes of at least 4 members (excludes halogenated alkanes) is 11. The SMILES string of the molecule is CCCCCCCCCCCCCC=CC(O)C(COP(O)(O)=S)N(C)C. The van der Waals surface area contributed by atoms with Gasteiger partial charge in [0.25, 0.3) is 0 Å². The van der Waals surface area contributed by atoms with Crippen LogP contribution in [0.5, 0.6) is 0 Å². The van der Waals surface area contributed by atoms with Gasteiger partial charge in [-0.15, -0.1) is 0 Å². The third-order valence-electron chi connectivity index (χ3n) is 4.78. The van der Waals surface area contributed by atoms with Crippen LogP contribution in [0.25, 0.3) is 0 Å². The summed E-state index contributed by atoms with van der Waals surface area (Å²) in [5.41, 5.74) is 0. The van der Waals surface area contributed by atoms with E-state index in [4.69, 9.17) is 4.52 Å². The number of likely N-dealkylation sites (N-methyl/N-ethyl adjacent to an activating group) is 1. The monoisotopic (exact) mass is 423 g/mol. The van der Waals surface area contributed by atoms with Crippen LogP contribution in [0.15, 0.2) is 12.2 Å². The first-order valence-electron chi connectivity index (χ1n) is 10.5. The molecule has 0 aliphatic carbocycles. The summed E-state index contributed by atoms with van der Waals surface area (Å²) >= 11 is 4.45. The van der Waals surface area contributed by atoms with Gasteiger partial charge in [-0.05, 0) is 38.7 Å². The van der Waals surface area contributed by atoms with Gasteiger partial charge in [0.05, 0.1) is 18.8 Å². The zero-order valence-corrected chi connectivity index (χ0v) is 19.3. The van der Waals surface area contributed by atoms with Crippen LogP contribution in [0.3, 0.4) is 0 Å². The van der Waals surface area contributed by atoms with E-state index in [0.717, 1.165) is 12.8 Å². The summed E-state index contributed by atoms with van der Waals surface area (Å²) < 4.78 is 4.89. The summed E-state index contributed by atoms with van der Waals surface area (Å²) in [4.78, 5) is 20.1. The minimum absolute atomic E-state index is 0.0127. The molecule has 0 aromatic carbocycles. The second-order valence-corrected chi connectivity index (χ2v) is 10.2. The predicted octanol–water partition coefficient (Wildman–Crippen LogP) is 4.76. The van der Waals surface area contributed by atoms with Crippen LogP contribution >= 0.6 is 6.72 Å². The van der Waals surface area contributed by atoms with Gasteiger partial charge in [-0.2, -0.15) is 0 Å². The van der Waals surface area contributed by atoms with Crippen LogP contribution in [-0.2, 0) is 16.3 Å². The van der Waals surface area contributed by atoms with Crippen molar-refractivity contribution < 1.29 is 19.4 Å². The summed E-state index contributed by atoms with van der Waals surface area (Å²) in [5.74, 6) is 0. The van der Waals surface area contributed by atoms with E-state index in [-0.39, 0.29) is 12.6 Å². The van der Waals surface area contributed by atoms with Gasteiger partial charge in [0.2, 0.25) is 0 Å². The number of hydrogen-bond donors (Lipinski definition) is 3. The molecular formula is C20H42NO4PS. The Hall–Kier alpha value is 0.190. The molecule has 0 fully saturated rings. The summed E-state index contributed by atoms with van der Waals surface area (Å²) in [6, 6.07) is -0.361. The molecule has 7 heteroatoms. The van der Waals surface area contributed by atoms with Crippen molar-refractivity contribution in [3.8, 4) is 0 Å². The Morgan fingerprint density at radius 2 is 1.41 bits per heavy atom. The van der Waals surface area contributed by atoms with E-state index >= 15 is 0 Å². The zero-order valence-electron chi connectivity index (χ0n) is 17.6. The quantitative estimate of drug-likeness (QED) is 0.168. The molecule has 5 nitrogen and oxygen atoms in total. The van der Waals surface area contributed by atoms with E-state index in [0.29, 0.717) is 0 Å². The number of hydrogen-bond acceptors (Lipinski definition) is 4. The molecule has 0 heterocycles. The molecule has 0 radical (unpaired) electrons. The van der Waals surface area contributed by atoms with Crippen LogP contribution in [0.2, 0.25) is 0 Å². The molecule has 0 rings (SSSR count). The first-order chi connectivity index (χ1) is 12.8. The molecular weight excluding hydrogens is 381 g/mol. The van der Waals surface area contributed by atoms with Gasteiger partial charge in [0, 0.05) is 0 Å². The van der Waals surface area contributed by atoms with Gasteiger partial charge in [-0.1, -0.05) is 83.3 Å². The lowest BCUT2D eigenvalue weighted by Gasteiger charge is -2.27. The van der Waals surface area contributed by atoms with E-state index in [1.165, 1.54) is 64.2 Å². The highest BCUT2D eigenvalue weighted by Crippen LogP contribution is 2.36. The normalized spacial score (nSPS) is 14.9. The second kappa shape index (κ2) is 17.1. The van der Waals surface area contributed by atoms with E-state index in [1.54, 1.807) is 11.0 Å². The number of aliphatic hydroxyl groups is 1. The van der Waals surface area contributed by atoms with Crippen molar-refractivity contribution >= 4 is 18.5 Å². The molecule has 0 aromatic rings. The topological polar surface area (TPSA) is 73.2 Å². The molecule has 2 atom stereocenters. The smallest absolute Gasteiger partial charge is 0.321 e. The predicted molar refractivity (Wildman–Crippen MR) is 118 cm³/mol. The number of nitrogens with zero attached hydrogens (tertiary/aromatic N) is 1. The van der Waals surface area contributed by atoms with E-state index in [2.05, 4.69) is 18.7 Å². The average Bonchev–Trinajstić information content (AvgIpc) is 2.57. The Kier molecular flexibility index (Phi) is 17.2. The summed E-state index contributed by atoms with van der Waals surface area (Å²) in [5, 5.41) is 10.3. The molecule has 0 saturated heterocycles. The number of allylic oxidation sites excluding steroid dienone is 1. The zero-order chi connectivity index (χ0) is 20.5. The standard InChI is InChI=1S/C20H42NO4PS/c1-4-5-6-7-8-9-10-11-12-13-14-15-16-17-20(22)19(21(2)3)18-25-26(23,24)27/h16-17,19-20,22H,4-15,18H2,1-3H3,(H2,23,24,27). The van der Waals surface area contributed by atoms with Gasteiger partial charge in [-0.25, -0.2) is 0 Å². The van der Waals surface area contributed by atoms with Gasteiger partial charge < -0.3 is 24.3 Å². The molecule has 0 aliphatic rings.